The lowest BCUT2D eigenvalue weighted by atomic mass is 10.2. The first-order valence-corrected chi connectivity index (χ1v) is 8.72. The molecule has 1 amide bonds. The van der Waals surface area contributed by atoms with Crippen LogP contribution >= 0.6 is 11.7 Å². The van der Waals surface area contributed by atoms with Gasteiger partial charge in [-0.2, -0.15) is 13.8 Å². The van der Waals surface area contributed by atoms with Crippen LogP contribution in [0.4, 0.5) is 0 Å². The van der Waals surface area contributed by atoms with Gasteiger partial charge in [0, 0.05) is 31.0 Å². The number of rotatable bonds is 8. The van der Waals surface area contributed by atoms with Crippen molar-refractivity contribution in [3.63, 3.8) is 0 Å². The Kier molecular flexibility index (Phi) is 5.73. The number of hydrogen-bond acceptors (Lipinski definition) is 6. The highest BCUT2D eigenvalue weighted by molar-refractivity contribution is 6.99. The molecule has 2 aromatic heterocycles. The van der Waals surface area contributed by atoms with E-state index < -0.39 is 0 Å². The smallest absolute Gasteiger partial charge is 0.251 e. The highest BCUT2D eigenvalue weighted by atomic mass is 32.1. The number of carbonyl (C=O) groups is 1. The number of nitrogens with one attached hydrogen (secondary N) is 1. The first kappa shape index (κ1) is 17.1. The molecular weight excluding hydrogens is 338 g/mol. The Hall–Kier alpha value is -2.74. The van der Waals surface area contributed by atoms with Gasteiger partial charge in [-0.1, -0.05) is 0 Å². The van der Waals surface area contributed by atoms with Crippen LogP contribution in [-0.2, 0) is 13.2 Å². The molecule has 25 heavy (non-hydrogen) atoms. The van der Waals surface area contributed by atoms with Crippen molar-refractivity contribution in [3.8, 4) is 5.75 Å². The van der Waals surface area contributed by atoms with Crippen LogP contribution in [0.3, 0.4) is 0 Å². The molecule has 0 saturated heterocycles. The van der Waals surface area contributed by atoms with Gasteiger partial charge >= 0.3 is 0 Å². The summed E-state index contributed by atoms with van der Waals surface area (Å²) in [6.07, 6.45) is 4.48. The monoisotopic (exact) mass is 357 g/mol. The molecule has 2 heterocycles. The maximum Gasteiger partial charge on any atom is 0.251 e. The van der Waals surface area contributed by atoms with Gasteiger partial charge in [0.25, 0.3) is 5.91 Å². The van der Waals surface area contributed by atoms with Crippen molar-refractivity contribution in [2.75, 3.05) is 6.54 Å². The summed E-state index contributed by atoms with van der Waals surface area (Å²) in [4.78, 5) is 12.1. The topological polar surface area (TPSA) is 81.9 Å². The van der Waals surface area contributed by atoms with Crippen LogP contribution in [-0.4, -0.2) is 31.0 Å². The Morgan fingerprint density at radius 2 is 2.12 bits per heavy atom. The quantitative estimate of drug-likeness (QED) is 0.626. The Balaban J connectivity index is 1.43. The zero-order chi connectivity index (χ0) is 17.5. The average molecular weight is 357 g/mol. The Bertz CT molecular complexity index is 799. The van der Waals surface area contributed by atoms with Crippen LogP contribution in [0.15, 0.2) is 42.7 Å². The van der Waals surface area contributed by atoms with Crippen LogP contribution in [0.5, 0.6) is 5.75 Å². The van der Waals surface area contributed by atoms with Crippen molar-refractivity contribution in [3.05, 3.63) is 59.7 Å². The van der Waals surface area contributed by atoms with E-state index in [4.69, 9.17) is 4.74 Å². The van der Waals surface area contributed by atoms with Gasteiger partial charge in [0.05, 0.1) is 17.4 Å². The summed E-state index contributed by atoms with van der Waals surface area (Å²) in [5.74, 6) is 0.606. The first-order valence-electron chi connectivity index (χ1n) is 7.99. The third-order valence-electron chi connectivity index (χ3n) is 3.65. The minimum absolute atomic E-state index is 0.0911. The second-order valence-electron chi connectivity index (χ2n) is 5.49. The van der Waals surface area contributed by atoms with E-state index in [1.807, 2.05) is 23.9 Å². The molecule has 0 spiro atoms. The first-order chi connectivity index (χ1) is 12.2. The van der Waals surface area contributed by atoms with Gasteiger partial charge in [-0.15, -0.1) is 0 Å². The lowest BCUT2D eigenvalue weighted by molar-refractivity contribution is 0.0952. The van der Waals surface area contributed by atoms with Gasteiger partial charge in [-0.25, -0.2) is 0 Å². The van der Waals surface area contributed by atoms with Crippen molar-refractivity contribution in [1.82, 2.24) is 23.8 Å². The van der Waals surface area contributed by atoms with E-state index in [9.17, 15) is 4.79 Å². The second-order valence-corrected chi connectivity index (χ2v) is 6.02. The van der Waals surface area contributed by atoms with Crippen molar-refractivity contribution >= 4 is 17.6 Å². The Morgan fingerprint density at radius 3 is 2.80 bits per heavy atom. The molecule has 0 fully saturated rings. The van der Waals surface area contributed by atoms with Gasteiger partial charge in [-0.05, 0) is 43.7 Å². The number of carbonyl (C=O) groups excluding carboxylic acids is 1. The van der Waals surface area contributed by atoms with Crippen LogP contribution in [0, 0.1) is 6.92 Å². The van der Waals surface area contributed by atoms with Crippen LogP contribution < -0.4 is 10.1 Å². The van der Waals surface area contributed by atoms with Crippen LogP contribution in [0.1, 0.15) is 28.2 Å². The molecule has 7 nitrogen and oxygen atoms in total. The third kappa shape index (κ3) is 4.87. The molecule has 3 aromatic rings. The van der Waals surface area contributed by atoms with Crippen LogP contribution in [0.2, 0.25) is 0 Å². The number of aryl methyl sites for hydroxylation is 2. The normalized spacial score (nSPS) is 10.6. The summed E-state index contributed by atoms with van der Waals surface area (Å²) < 4.78 is 15.8. The summed E-state index contributed by atoms with van der Waals surface area (Å²) in [7, 11) is 0. The second kappa shape index (κ2) is 8.39. The number of aromatic nitrogens is 4. The molecule has 0 aliphatic carbocycles. The molecule has 0 aliphatic heterocycles. The summed E-state index contributed by atoms with van der Waals surface area (Å²) in [5.41, 5.74) is 2.33. The van der Waals surface area contributed by atoms with E-state index >= 15 is 0 Å². The zero-order valence-corrected chi connectivity index (χ0v) is 14.7. The summed E-state index contributed by atoms with van der Waals surface area (Å²) in [5, 5.41) is 7.03. The van der Waals surface area contributed by atoms with E-state index in [0.29, 0.717) is 24.5 Å². The average Bonchev–Trinajstić information content (AvgIpc) is 3.29. The van der Waals surface area contributed by atoms with Gasteiger partial charge in [-0.3, -0.25) is 9.48 Å². The van der Waals surface area contributed by atoms with Crippen molar-refractivity contribution in [2.45, 2.75) is 26.5 Å². The minimum atomic E-state index is -0.0911. The third-order valence-corrected chi connectivity index (χ3v) is 4.30. The lowest BCUT2D eigenvalue weighted by Gasteiger charge is -2.07. The van der Waals surface area contributed by atoms with Gasteiger partial charge in [0.15, 0.2) is 0 Å². The van der Waals surface area contributed by atoms with Gasteiger partial charge in [0.2, 0.25) is 0 Å². The fraction of sp³-hybridized carbons (Fsp3) is 0.294. The van der Waals surface area contributed by atoms with E-state index in [-0.39, 0.29) is 5.91 Å². The molecular formula is C17H19N5O2S. The molecule has 3 rings (SSSR count). The minimum Gasteiger partial charge on any atom is -0.487 e. The van der Waals surface area contributed by atoms with E-state index in [2.05, 4.69) is 19.2 Å². The number of nitrogens with zero attached hydrogens (tertiary/aromatic N) is 4. The molecule has 0 aliphatic rings. The molecule has 0 atom stereocenters. The number of benzene rings is 1. The molecule has 8 heteroatoms. The summed E-state index contributed by atoms with van der Waals surface area (Å²) in [6.45, 7) is 3.67. The molecule has 0 saturated carbocycles. The highest BCUT2D eigenvalue weighted by Gasteiger charge is 2.07. The van der Waals surface area contributed by atoms with E-state index in [0.717, 1.165) is 24.4 Å². The summed E-state index contributed by atoms with van der Waals surface area (Å²) >= 11 is 1.18. The molecule has 130 valence electrons. The fourth-order valence-electron chi connectivity index (χ4n) is 2.21. The van der Waals surface area contributed by atoms with E-state index in [1.54, 1.807) is 30.5 Å². The summed E-state index contributed by atoms with van der Waals surface area (Å²) in [6, 6.07) is 8.96. The number of ether oxygens (including phenoxy) is 1. The van der Waals surface area contributed by atoms with Crippen molar-refractivity contribution < 1.29 is 9.53 Å². The molecule has 1 aromatic carbocycles. The zero-order valence-electron chi connectivity index (χ0n) is 13.9. The van der Waals surface area contributed by atoms with Gasteiger partial charge in [0.1, 0.15) is 18.1 Å². The standard InChI is InChI=1S/C17H19N5O2S/c1-13-16(21-25-20-13)12-24-15-6-4-14(5-7-15)17(23)18-8-2-10-22-11-3-9-19-22/h3-7,9,11H,2,8,10,12H2,1H3,(H,18,23). The number of hydrogen-bond donors (Lipinski definition) is 1. The predicted molar refractivity (Wildman–Crippen MR) is 94.6 cm³/mol. The van der Waals surface area contributed by atoms with Crippen molar-refractivity contribution in [2.24, 2.45) is 0 Å². The van der Waals surface area contributed by atoms with Crippen LogP contribution in [0.25, 0.3) is 0 Å². The highest BCUT2D eigenvalue weighted by Crippen LogP contribution is 2.15. The molecule has 1 N–H and O–H groups in total. The SMILES string of the molecule is Cc1nsnc1COc1ccc(C(=O)NCCCn2cccn2)cc1. The van der Waals surface area contributed by atoms with E-state index in [1.165, 1.54) is 11.7 Å². The fourth-order valence-corrected chi connectivity index (χ4v) is 2.76. The maximum absolute atomic E-state index is 12.1. The van der Waals surface area contributed by atoms with Gasteiger partial charge < -0.3 is 10.1 Å². The maximum atomic E-state index is 12.1. The Labute approximate surface area is 150 Å². The predicted octanol–water partition coefficient (Wildman–Crippen LogP) is 2.44. The molecule has 0 radical (unpaired) electrons. The van der Waals surface area contributed by atoms with Crippen molar-refractivity contribution in [1.29, 1.82) is 0 Å². The number of amides is 1. The largest absolute Gasteiger partial charge is 0.487 e. The molecule has 0 bridgehead atoms. The lowest BCUT2D eigenvalue weighted by Crippen LogP contribution is -2.25. The Morgan fingerprint density at radius 1 is 1.28 bits per heavy atom. The molecule has 0 unspecified atom stereocenters.